The Morgan fingerprint density at radius 3 is 2.80 bits per heavy atom. The summed E-state index contributed by atoms with van der Waals surface area (Å²) in [4.78, 5) is 36.8. The Morgan fingerprint density at radius 2 is 2.10 bits per heavy atom. The van der Waals surface area contributed by atoms with Crippen LogP contribution in [0.5, 0.6) is 0 Å². The second-order valence-electron chi connectivity index (χ2n) is 4.59. The van der Waals surface area contributed by atoms with Crippen molar-refractivity contribution in [2.24, 2.45) is 0 Å². The van der Waals surface area contributed by atoms with Gasteiger partial charge in [-0.15, -0.1) is 0 Å². The smallest absolute Gasteiger partial charge is 0.299 e. The van der Waals surface area contributed by atoms with E-state index in [0.29, 0.717) is 17.8 Å². The zero-order chi connectivity index (χ0) is 14.7. The molecule has 0 atom stereocenters. The second kappa shape index (κ2) is 6.17. The SMILES string of the molecule is CCCCNC(=O)CN1C(=O)C(=O)c2cc(Br)ccc21. The highest BCUT2D eigenvalue weighted by Crippen LogP contribution is 2.30. The minimum Gasteiger partial charge on any atom is -0.355 e. The van der Waals surface area contributed by atoms with Gasteiger partial charge in [0.2, 0.25) is 5.91 Å². The maximum atomic E-state index is 11.9. The predicted molar refractivity (Wildman–Crippen MR) is 78.7 cm³/mol. The van der Waals surface area contributed by atoms with E-state index < -0.39 is 11.7 Å². The molecule has 106 valence electrons. The molecule has 1 aromatic carbocycles. The van der Waals surface area contributed by atoms with E-state index in [-0.39, 0.29) is 12.5 Å². The molecule has 0 bridgehead atoms. The van der Waals surface area contributed by atoms with Gasteiger partial charge in [-0.05, 0) is 24.6 Å². The molecular weight excluding hydrogens is 324 g/mol. The zero-order valence-electron chi connectivity index (χ0n) is 11.1. The van der Waals surface area contributed by atoms with Crippen LogP contribution in [0.4, 0.5) is 5.69 Å². The van der Waals surface area contributed by atoms with Gasteiger partial charge in [-0.25, -0.2) is 0 Å². The number of fused-ring (bicyclic) bond motifs is 1. The number of ketones is 1. The molecule has 0 aromatic heterocycles. The minimum absolute atomic E-state index is 0.122. The fourth-order valence-corrected chi connectivity index (χ4v) is 2.39. The molecule has 0 unspecified atom stereocenters. The number of anilines is 1. The Hall–Kier alpha value is -1.69. The Bertz CT molecular complexity index is 572. The summed E-state index contributed by atoms with van der Waals surface area (Å²) in [6, 6.07) is 5.01. The molecule has 0 spiro atoms. The van der Waals surface area contributed by atoms with Crippen LogP contribution in [0.3, 0.4) is 0 Å². The normalized spacial score (nSPS) is 13.6. The van der Waals surface area contributed by atoms with E-state index in [1.54, 1.807) is 18.2 Å². The Labute approximate surface area is 125 Å². The number of amides is 2. The molecule has 6 heteroatoms. The summed E-state index contributed by atoms with van der Waals surface area (Å²) >= 11 is 3.26. The summed E-state index contributed by atoms with van der Waals surface area (Å²) in [7, 11) is 0. The number of benzene rings is 1. The predicted octanol–water partition coefficient (Wildman–Crippen LogP) is 1.89. The topological polar surface area (TPSA) is 66.5 Å². The van der Waals surface area contributed by atoms with Crippen LogP contribution >= 0.6 is 15.9 Å². The van der Waals surface area contributed by atoms with Gasteiger partial charge >= 0.3 is 0 Å². The average molecular weight is 339 g/mol. The lowest BCUT2D eigenvalue weighted by Gasteiger charge is -2.16. The fraction of sp³-hybridized carbons (Fsp3) is 0.357. The third kappa shape index (κ3) is 2.90. The van der Waals surface area contributed by atoms with E-state index in [1.807, 2.05) is 6.92 Å². The first-order valence-electron chi connectivity index (χ1n) is 6.47. The molecule has 20 heavy (non-hydrogen) atoms. The molecule has 0 radical (unpaired) electrons. The summed E-state index contributed by atoms with van der Waals surface area (Å²) in [5.41, 5.74) is 0.833. The van der Waals surface area contributed by atoms with Crippen molar-refractivity contribution >= 4 is 39.2 Å². The highest BCUT2D eigenvalue weighted by molar-refractivity contribution is 9.10. The number of unbranched alkanes of at least 4 members (excludes halogenated alkanes) is 1. The van der Waals surface area contributed by atoms with Gasteiger partial charge < -0.3 is 5.32 Å². The minimum atomic E-state index is -0.649. The number of halogens is 1. The molecule has 5 nitrogen and oxygen atoms in total. The molecule has 2 amide bonds. The molecule has 1 N–H and O–H groups in total. The standard InChI is InChI=1S/C14H15BrN2O3/c1-2-3-6-16-12(18)8-17-11-5-4-9(15)7-10(11)13(19)14(17)20/h4-5,7H,2-3,6,8H2,1H3,(H,16,18). The molecular formula is C14H15BrN2O3. The van der Waals surface area contributed by atoms with Gasteiger partial charge in [-0.3, -0.25) is 19.3 Å². The van der Waals surface area contributed by atoms with E-state index in [9.17, 15) is 14.4 Å². The van der Waals surface area contributed by atoms with Crippen LogP contribution in [0.25, 0.3) is 0 Å². The molecule has 1 aliphatic rings. The van der Waals surface area contributed by atoms with Gasteiger partial charge in [-0.1, -0.05) is 29.3 Å². The monoisotopic (exact) mass is 338 g/mol. The van der Waals surface area contributed by atoms with Crippen molar-refractivity contribution in [3.8, 4) is 0 Å². The lowest BCUT2D eigenvalue weighted by atomic mass is 10.1. The number of carbonyl (C=O) groups excluding carboxylic acids is 3. The van der Waals surface area contributed by atoms with Gasteiger partial charge in [0.05, 0.1) is 11.3 Å². The van der Waals surface area contributed by atoms with E-state index >= 15 is 0 Å². The first-order chi connectivity index (χ1) is 9.54. The number of nitrogens with one attached hydrogen (secondary N) is 1. The third-order valence-corrected chi connectivity index (χ3v) is 3.58. The van der Waals surface area contributed by atoms with Crippen LogP contribution in [-0.4, -0.2) is 30.7 Å². The van der Waals surface area contributed by atoms with Crippen molar-refractivity contribution < 1.29 is 14.4 Å². The lowest BCUT2D eigenvalue weighted by molar-refractivity contribution is -0.122. The van der Waals surface area contributed by atoms with E-state index in [2.05, 4.69) is 21.2 Å². The van der Waals surface area contributed by atoms with Crippen LogP contribution in [0.1, 0.15) is 30.1 Å². The van der Waals surface area contributed by atoms with Crippen LogP contribution in [0, 0.1) is 0 Å². The summed E-state index contributed by atoms with van der Waals surface area (Å²) in [5.74, 6) is -1.47. The number of rotatable bonds is 5. The lowest BCUT2D eigenvalue weighted by Crippen LogP contribution is -2.40. The van der Waals surface area contributed by atoms with Crippen LogP contribution in [0.2, 0.25) is 0 Å². The van der Waals surface area contributed by atoms with Crippen molar-refractivity contribution in [3.05, 3.63) is 28.2 Å². The van der Waals surface area contributed by atoms with Crippen molar-refractivity contribution in [1.82, 2.24) is 5.32 Å². The van der Waals surface area contributed by atoms with Gasteiger partial charge in [0.25, 0.3) is 11.7 Å². The highest BCUT2D eigenvalue weighted by Gasteiger charge is 2.36. The van der Waals surface area contributed by atoms with E-state index in [1.165, 1.54) is 4.90 Å². The summed E-state index contributed by atoms with van der Waals surface area (Å²) in [6.07, 6.45) is 1.88. The fourth-order valence-electron chi connectivity index (χ4n) is 2.03. The number of Topliss-reactive ketones (excluding diaryl/α,β-unsaturated/α-hetero) is 1. The quantitative estimate of drug-likeness (QED) is 0.658. The average Bonchev–Trinajstić information content (AvgIpc) is 2.64. The van der Waals surface area contributed by atoms with Gasteiger partial charge in [-0.2, -0.15) is 0 Å². The van der Waals surface area contributed by atoms with E-state index in [4.69, 9.17) is 0 Å². The molecule has 0 saturated carbocycles. The molecule has 0 fully saturated rings. The van der Waals surface area contributed by atoms with Crippen molar-refractivity contribution in [3.63, 3.8) is 0 Å². The van der Waals surface area contributed by atoms with Gasteiger partial charge in [0.15, 0.2) is 0 Å². The molecule has 1 heterocycles. The number of nitrogens with zero attached hydrogens (tertiary/aromatic N) is 1. The Kier molecular flexibility index (Phi) is 4.54. The summed E-state index contributed by atoms with van der Waals surface area (Å²) < 4.78 is 0.728. The number of hydrogen-bond donors (Lipinski definition) is 1. The molecule has 0 aliphatic carbocycles. The molecule has 0 saturated heterocycles. The second-order valence-corrected chi connectivity index (χ2v) is 5.50. The van der Waals surface area contributed by atoms with Gasteiger partial charge in [0.1, 0.15) is 6.54 Å². The maximum absolute atomic E-state index is 11.9. The highest BCUT2D eigenvalue weighted by atomic mass is 79.9. The summed E-state index contributed by atoms with van der Waals surface area (Å²) in [6.45, 7) is 2.49. The van der Waals surface area contributed by atoms with Gasteiger partial charge in [0, 0.05) is 11.0 Å². The number of hydrogen-bond acceptors (Lipinski definition) is 3. The van der Waals surface area contributed by atoms with Crippen molar-refractivity contribution in [2.45, 2.75) is 19.8 Å². The van der Waals surface area contributed by atoms with Crippen LogP contribution in [0.15, 0.2) is 22.7 Å². The Balaban J connectivity index is 2.12. The van der Waals surface area contributed by atoms with Crippen LogP contribution < -0.4 is 10.2 Å². The number of carbonyl (C=O) groups is 3. The molecule has 2 rings (SSSR count). The first kappa shape index (κ1) is 14.7. The molecule has 1 aromatic rings. The largest absolute Gasteiger partial charge is 0.355 e. The summed E-state index contributed by atoms with van der Waals surface area (Å²) in [5, 5.41) is 2.73. The first-order valence-corrected chi connectivity index (χ1v) is 7.26. The van der Waals surface area contributed by atoms with Crippen molar-refractivity contribution in [2.75, 3.05) is 18.0 Å². The van der Waals surface area contributed by atoms with E-state index in [0.717, 1.165) is 17.3 Å². The Morgan fingerprint density at radius 1 is 1.35 bits per heavy atom. The van der Waals surface area contributed by atoms with Crippen molar-refractivity contribution in [1.29, 1.82) is 0 Å². The third-order valence-electron chi connectivity index (χ3n) is 3.09. The zero-order valence-corrected chi connectivity index (χ0v) is 12.7. The maximum Gasteiger partial charge on any atom is 0.299 e. The van der Waals surface area contributed by atoms with Crippen LogP contribution in [-0.2, 0) is 9.59 Å². The molecule has 1 aliphatic heterocycles.